The van der Waals surface area contributed by atoms with E-state index < -0.39 is 0 Å². The van der Waals surface area contributed by atoms with Gasteiger partial charge < -0.3 is 10.8 Å². The van der Waals surface area contributed by atoms with Crippen LogP contribution in [0.4, 0.5) is 17.2 Å². The summed E-state index contributed by atoms with van der Waals surface area (Å²) in [4.78, 5) is 3.98. The second kappa shape index (κ2) is 4.39. The van der Waals surface area contributed by atoms with E-state index in [0.717, 1.165) is 0 Å². The van der Waals surface area contributed by atoms with Gasteiger partial charge in [-0.1, -0.05) is 12.1 Å². The number of hydrogen-bond acceptors (Lipinski definition) is 5. The minimum atomic E-state index is -0.00234. The highest BCUT2D eigenvalue weighted by Crippen LogP contribution is 2.31. The molecule has 0 fully saturated rings. The van der Waals surface area contributed by atoms with Crippen LogP contribution in [-0.4, -0.2) is 10.1 Å². The highest BCUT2D eigenvalue weighted by Gasteiger charge is 2.01. The van der Waals surface area contributed by atoms with Gasteiger partial charge in [-0.05, 0) is 24.3 Å². The van der Waals surface area contributed by atoms with Crippen molar-refractivity contribution in [3.8, 4) is 5.75 Å². The van der Waals surface area contributed by atoms with Crippen LogP contribution in [0.15, 0.2) is 52.8 Å². The summed E-state index contributed by atoms with van der Waals surface area (Å²) in [7, 11) is 0. The van der Waals surface area contributed by atoms with Crippen molar-refractivity contribution in [2.24, 2.45) is 10.2 Å². The van der Waals surface area contributed by atoms with Gasteiger partial charge in [-0.2, -0.15) is 0 Å². The van der Waals surface area contributed by atoms with Crippen molar-refractivity contribution in [2.75, 3.05) is 5.73 Å². The maximum Gasteiger partial charge on any atom is 0.174 e. The number of nitrogens with zero attached hydrogens (tertiary/aromatic N) is 3. The van der Waals surface area contributed by atoms with Crippen LogP contribution in [0.1, 0.15) is 0 Å². The van der Waals surface area contributed by atoms with Crippen molar-refractivity contribution in [3.63, 3.8) is 0 Å². The Labute approximate surface area is 92.3 Å². The first kappa shape index (κ1) is 10.1. The molecule has 0 saturated carbocycles. The fourth-order valence-electron chi connectivity index (χ4n) is 1.15. The van der Waals surface area contributed by atoms with Crippen LogP contribution >= 0.6 is 0 Å². The van der Waals surface area contributed by atoms with Crippen molar-refractivity contribution in [2.45, 2.75) is 0 Å². The molecule has 0 atom stereocenters. The van der Waals surface area contributed by atoms with E-state index in [1.807, 2.05) is 6.07 Å². The minimum absolute atomic E-state index is 0.00234. The standard InChI is InChI=1S/C11H10N4O/c12-11-8(4-3-5-9(11)16)14-15-10-6-1-2-7-13-10/h1-7,16H,12H2. The maximum absolute atomic E-state index is 9.36. The number of para-hydroxylation sites is 1. The van der Waals surface area contributed by atoms with Gasteiger partial charge in [0.25, 0.3) is 0 Å². The van der Waals surface area contributed by atoms with Gasteiger partial charge in [0.1, 0.15) is 17.1 Å². The molecule has 2 aromatic rings. The molecule has 2 rings (SSSR count). The molecule has 0 bridgehead atoms. The molecule has 0 spiro atoms. The predicted molar refractivity (Wildman–Crippen MR) is 60.9 cm³/mol. The van der Waals surface area contributed by atoms with Crippen LogP contribution in [0.3, 0.4) is 0 Å². The first-order valence-corrected chi connectivity index (χ1v) is 4.67. The Hall–Kier alpha value is -2.43. The molecule has 5 nitrogen and oxygen atoms in total. The molecular formula is C11H10N4O. The molecule has 0 aliphatic rings. The van der Waals surface area contributed by atoms with Crippen LogP contribution in [0.2, 0.25) is 0 Å². The molecule has 0 aliphatic carbocycles. The van der Waals surface area contributed by atoms with E-state index in [2.05, 4.69) is 15.2 Å². The number of azo groups is 1. The van der Waals surface area contributed by atoms with Crippen molar-refractivity contribution in [1.29, 1.82) is 0 Å². The molecule has 0 radical (unpaired) electrons. The number of nitrogen functional groups attached to an aromatic ring is 1. The Morgan fingerprint density at radius 1 is 1.06 bits per heavy atom. The van der Waals surface area contributed by atoms with Crippen LogP contribution in [0.25, 0.3) is 0 Å². The van der Waals surface area contributed by atoms with Gasteiger partial charge in [-0.3, -0.25) is 0 Å². The highest BCUT2D eigenvalue weighted by molar-refractivity contribution is 5.69. The van der Waals surface area contributed by atoms with Crippen molar-refractivity contribution >= 4 is 17.2 Å². The molecule has 0 aliphatic heterocycles. The Morgan fingerprint density at radius 2 is 1.94 bits per heavy atom. The van der Waals surface area contributed by atoms with Crippen LogP contribution < -0.4 is 5.73 Å². The van der Waals surface area contributed by atoms with E-state index in [1.54, 1.807) is 30.5 Å². The monoisotopic (exact) mass is 214 g/mol. The maximum atomic E-state index is 9.36. The molecule has 0 amide bonds. The second-order valence-corrected chi connectivity index (χ2v) is 3.10. The minimum Gasteiger partial charge on any atom is -0.506 e. The zero-order valence-electron chi connectivity index (χ0n) is 8.41. The lowest BCUT2D eigenvalue weighted by atomic mass is 10.2. The van der Waals surface area contributed by atoms with E-state index in [9.17, 15) is 5.11 Å². The van der Waals surface area contributed by atoms with Crippen LogP contribution in [0.5, 0.6) is 5.75 Å². The first-order chi connectivity index (χ1) is 7.77. The van der Waals surface area contributed by atoms with E-state index in [4.69, 9.17) is 5.73 Å². The number of pyridine rings is 1. The molecule has 16 heavy (non-hydrogen) atoms. The van der Waals surface area contributed by atoms with E-state index in [-0.39, 0.29) is 11.4 Å². The Bertz CT molecular complexity index is 511. The van der Waals surface area contributed by atoms with Crippen molar-refractivity contribution < 1.29 is 5.11 Å². The number of aromatic nitrogens is 1. The molecule has 1 aromatic heterocycles. The van der Waals surface area contributed by atoms with E-state index >= 15 is 0 Å². The SMILES string of the molecule is Nc1c(O)cccc1N=Nc1ccccn1. The van der Waals surface area contributed by atoms with Gasteiger partial charge in [0.2, 0.25) is 0 Å². The summed E-state index contributed by atoms with van der Waals surface area (Å²) in [6.45, 7) is 0. The van der Waals surface area contributed by atoms with Gasteiger partial charge in [0.05, 0.1) is 0 Å². The number of anilines is 1. The fourth-order valence-corrected chi connectivity index (χ4v) is 1.15. The third-order valence-electron chi connectivity index (χ3n) is 1.97. The Balaban J connectivity index is 2.28. The zero-order chi connectivity index (χ0) is 11.4. The Kier molecular flexibility index (Phi) is 2.77. The second-order valence-electron chi connectivity index (χ2n) is 3.10. The molecular weight excluding hydrogens is 204 g/mol. The summed E-state index contributed by atoms with van der Waals surface area (Å²) >= 11 is 0. The smallest absolute Gasteiger partial charge is 0.174 e. The highest BCUT2D eigenvalue weighted by atomic mass is 16.3. The summed E-state index contributed by atoms with van der Waals surface area (Å²) in [5, 5.41) is 17.2. The van der Waals surface area contributed by atoms with Crippen molar-refractivity contribution in [3.05, 3.63) is 42.6 Å². The fraction of sp³-hybridized carbons (Fsp3) is 0. The predicted octanol–water partition coefficient (Wildman–Crippen LogP) is 2.78. The summed E-state index contributed by atoms with van der Waals surface area (Å²) in [5.74, 6) is 0.489. The van der Waals surface area contributed by atoms with Gasteiger partial charge in [0.15, 0.2) is 5.82 Å². The summed E-state index contributed by atoms with van der Waals surface area (Å²) in [6.07, 6.45) is 1.63. The average molecular weight is 214 g/mol. The van der Waals surface area contributed by atoms with Gasteiger partial charge in [0, 0.05) is 6.20 Å². The summed E-state index contributed by atoms with van der Waals surface area (Å²) < 4.78 is 0. The first-order valence-electron chi connectivity index (χ1n) is 4.67. The zero-order valence-corrected chi connectivity index (χ0v) is 8.41. The van der Waals surface area contributed by atoms with Crippen LogP contribution in [0, 0.1) is 0 Å². The van der Waals surface area contributed by atoms with Gasteiger partial charge >= 0.3 is 0 Å². The summed E-state index contributed by atoms with van der Waals surface area (Å²) in [6, 6.07) is 10.1. The van der Waals surface area contributed by atoms with Gasteiger partial charge in [-0.15, -0.1) is 10.2 Å². The lowest BCUT2D eigenvalue weighted by molar-refractivity contribution is 0.478. The van der Waals surface area contributed by atoms with Crippen molar-refractivity contribution in [1.82, 2.24) is 4.98 Å². The number of benzene rings is 1. The molecule has 1 heterocycles. The average Bonchev–Trinajstić information content (AvgIpc) is 2.32. The van der Waals surface area contributed by atoms with E-state index in [0.29, 0.717) is 11.5 Å². The van der Waals surface area contributed by atoms with Crippen LogP contribution in [-0.2, 0) is 0 Å². The quantitative estimate of drug-likeness (QED) is 0.458. The molecule has 0 saturated heterocycles. The lowest BCUT2D eigenvalue weighted by Crippen LogP contribution is -1.85. The third-order valence-corrected chi connectivity index (χ3v) is 1.97. The lowest BCUT2D eigenvalue weighted by Gasteiger charge is -2.00. The van der Waals surface area contributed by atoms with E-state index in [1.165, 1.54) is 6.07 Å². The molecule has 5 heteroatoms. The third kappa shape index (κ3) is 2.14. The number of aromatic hydroxyl groups is 1. The normalized spacial score (nSPS) is 10.8. The largest absolute Gasteiger partial charge is 0.506 e. The molecule has 0 unspecified atom stereocenters. The van der Waals surface area contributed by atoms with Gasteiger partial charge in [-0.25, -0.2) is 4.98 Å². The number of phenolic OH excluding ortho intramolecular Hbond substituents is 1. The topological polar surface area (TPSA) is 83.9 Å². The number of hydrogen-bond donors (Lipinski definition) is 2. The molecule has 3 N–H and O–H groups in total. The number of phenols is 1. The molecule has 1 aromatic carbocycles. The molecule has 80 valence electrons. The number of nitrogens with two attached hydrogens (primary N) is 1. The Morgan fingerprint density at radius 3 is 2.69 bits per heavy atom. The number of rotatable bonds is 2. The summed E-state index contributed by atoms with van der Waals surface area (Å²) in [5.41, 5.74) is 6.25.